The van der Waals surface area contributed by atoms with E-state index in [1.807, 2.05) is 48.5 Å². The lowest BCUT2D eigenvalue weighted by Crippen LogP contribution is -2.68. The number of aliphatic carboxylic acids is 1. The zero-order chi connectivity index (χ0) is 22.5. The smallest absolute Gasteiger partial charge is 0.328 e. The molecule has 3 rings (SSSR count). The number of benzene rings is 3. The Bertz CT molecular complexity index is 1010. The van der Waals surface area contributed by atoms with E-state index in [0.717, 1.165) is 11.6 Å². The maximum Gasteiger partial charge on any atom is 0.328 e. The summed E-state index contributed by atoms with van der Waals surface area (Å²) in [6, 6.07) is 26.3. The van der Waals surface area contributed by atoms with Gasteiger partial charge in [-0.05, 0) is 39.2 Å². The molecular formula is C26H28O4Si. The average molecular weight is 433 g/mol. The molecule has 5 heteroatoms. The third-order valence-electron chi connectivity index (χ3n) is 5.29. The highest BCUT2D eigenvalue weighted by molar-refractivity contribution is 7.00. The van der Waals surface area contributed by atoms with Crippen LogP contribution in [0.15, 0.2) is 84.9 Å². The van der Waals surface area contributed by atoms with Gasteiger partial charge in [-0.2, -0.15) is 0 Å². The van der Waals surface area contributed by atoms with Gasteiger partial charge in [-0.1, -0.05) is 87.5 Å². The number of hydrogen-bond donors (Lipinski definition) is 1. The SMILES string of the molecule is COc1cc(C=CC(=O)O)ccc1O[Si](c1ccccc1)(c1ccccc1)C(C)(C)C. The number of methoxy groups -OCH3 is 1. The van der Waals surface area contributed by atoms with E-state index in [4.69, 9.17) is 14.3 Å². The lowest BCUT2D eigenvalue weighted by molar-refractivity contribution is -0.131. The number of rotatable bonds is 7. The van der Waals surface area contributed by atoms with Gasteiger partial charge in [0.25, 0.3) is 0 Å². The first-order valence-corrected chi connectivity index (χ1v) is 12.1. The van der Waals surface area contributed by atoms with Gasteiger partial charge in [0.2, 0.25) is 0 Å². The highest BCUT2D eigenvalue weighted by Gasteiger charge is 2.52. The van der Waals surface area contributed by atoms with Crippen molar-refractivity contribution < 1.29 is 19.1 Å². The maximum atomic E-state index is 10.9. The molecular weight excluding hydrogens is 404 g/mol. The molecule has 31 heavy (non-hydrogen) atoms. The molecule has 0 aromatic heterocycles. The molecule has 0 bridgehead atoms. The molecule has 0 saturated carbocycles. The molecule has 3 aromatic rings. The van der Waals surface area contributed by atoms with Crippen LogP contribution in [0.4, 0.5) is 0 Å². The molecule has 160 valence electrons. The fraction of sp³-hybridized carbons (Fsp3) is 0.192. The molecule has 0 spiro atoms. The van der Waals surface area contributed by atoms with Gasteiger partial charge in [0.15, 0.2) is 5.75 Å². The predicted molar refractivity (Wildman–Crippen MR) is 128 cm³/mol. The summed E-state index contributed by atoms with van der Waals surface area (Å²) >= 11 is 0. The van der Waals surface area contributed by atoms with E-state index in [2.05, 4.69) is 45.0 Å². The highest BCUT2D eigenvalue weighted by atomic mass is 28.4. The van der Waals surface area contributed by atoms with Crippen molar-refractivity contribution in [1.82, 2.24) is 0 Å². The van der Waals surface area contributed by atoms with Crippen molar-refractivity contribution in [2.45, 2.75) is 25.8 Å². The first kappa shape index (κ1) is 22.4. The van der Waals surface area contributed by atoms with Gasteiger partial charge in [0.05, 0.1) is 7.11 Å². The summed E-state index contributed by atoms with van der Waals surface area (Å²) in [7, 11) is -1.19. The molecule has 0 amide bonds. The molecule has 0 fully saturated rings. The predicted octanol–water partition coefficient (Wildman–Crippen LogP) is 4.73. The Morgan fingerprint density at radius 1 is 0.871 bits per heavy atom. The fourth-order valence-corrected chi connectivity index (χ4v) is 8.28. The summed E-state index contributed by atoms with van der Waals surface area (Å²) in [4.78, 5) is 10.9. The topological polar surface area (TPSA) is 55.8 Å². The van der Waals surface area contributed by atoms with Crippen LogP contribution in [0, 0.1) is 0 Å². The standard InChI is InChI=1S/C26H28O4Si/c1-26(2,3)31(21-11-7-5-8-12-21,22-13-9-6-10-14-22)30-23-17-15-20(16-18-25(27)28)19-24(23)29-4/h5-19H,1-4H3,(H,27,28). The molecule has 0 saturated heterocycles. The second-order valence-corrected chi connectivity index (χ2v) is 12.6. The van der Waals surface area contributed by atoms with Crippen LogP contribution in [0.3, 0.4) is 0 Å². The van der Waals surface area contributed by atoms with E-state index in [0.29, 0.717) is 11.5 Å². The third kappa shape index (κ3) is 4.72. The molecule has 0 radical (unpaired) electrons. The molecule has 0 aliphatic heterocycles. The van der Waals surface area contributed by atoms with Crippen LogP contribution in [0.5, 0.6) is 11.5 Å². The lowest BCUT2D eigenvalue weighted by atomic mass is 10.2. The first-order chi connectivity index (χ1) is 14.8. The van der Waals surface area contributed by atoms with Gasteiger partial charge in [-0.25, -0.2) is 4.79 Å². The Morgan fingerprint density at radius 3 is 1.87 bits per heavy atom. The molecule has 0 atom stereocenters. The number of carboxylic acid groups (broad SMARTS) is 1. The van der Waals surface area contributed by atoms with Crippen molar-refractivity contribution in [3.05, 3.63) is 90.5 Å². The molecule has 1 N–H and O–H groups in total. The summed E-state index contributed by atoms with van der Waals surface area (Å²) in [5, 5.41) is 11.1. The molecule has 0 unspecified atom stereocenters. The maximum absolute atomic E-state index is 10.9. The van der Waals surface area contributed by atoms with Crippen LogP contribution in [0.1, 0.15) is 26.3 Å². The first-order valence-electron chi connectivity index (χ1n) is 10.2. The van der Waals surface area contributed by atoms with Crippen LogP contribution < -0.4 is 19.5 Å². The van der Waals surface area contributed by atoms with Crippen LogP contribution in [-0.4, -0.2) is 26.5 Å². The normalized spacial score (nSPS) is 12.0. The van der Waals surface area contributed by atoms with Crippen LogP contribution in [0.25, 0.3) is 6.08 Å². The van der Waals surface area contributed by atoms with Crippen LogP contribution in [0.2, 0.25) is 5.04 Å². The minimum absolute atomic E-state index is 0.178. The van der Waals surface area contributed by atoms with E-state index < -0.39 is 14.3 Å². The molecule has 0 aliphatic carbocycles. The minimum atomic E-state index is -2.78. The summed E-state index contributed by atoms with van der Waals surface area (Å²) in [6.45, 7) is 6.65. The van der Waals surface area contributed by atoms with Crippen molar-refractivity contribution >= 4 is 30.7 Å². The van der Waals surface area contributed by atoms with Crippen LogP contribution in [-0.2, 0) is 4.79 Å². The van der Waals surface area contributed by atoms with Gasteiger partial charge < -0.3 is 14.3 Å². The Kier molecular flexibility index (Phi) is 6.66. The summed E-state index contributed by atoms with van der Waals surface area (Å²) in [5.41, 5.74) is 0.731. The highest BCUT2D eigenvalue weighted by Crippen LogP contribution is 2.40. The second kappa shape index (κ2) is 9.23. The van der Waals surface area contributed by atoms with Gasteiger partial charge in [-0.3, -0.25) is 0 Å². The Hall–Kier alpha value is -3.31. The largest absolute Gasteiger partial charge is 0.531 e. The Morgan fingerprint density at radius 2 is 1.42 bits per heavy atom. The second-order valence-electron chi connectivity index (χ2n) is 8.35. The van der Waals surface area contributed by atoms with Crippen molar-refractivity contribution in [3.63, 3.8) is 0 Å². The van der Waals surface area contributed by atoms with Gasteiger partial charge >= 0.3 is 14.3 Å². The van der Waals surface area contributed by atoms with Crippen molar-refractivity contribution in [1.29, 1.82) is 0 Å². The van der Waals surface area contributed by atoms with Gasteiger partial charge in [-0.15, -0.1) is 0 Å². The molecule has 0 aliphatic rings. The minimum Gasteiger partial charge on any atom is -0.531 e. The lowest BCUT2D eigenvalue weighted by Gasteiger charge is -2.43. The fourth-order valence-electron chi connectivity index (χ4n) is 3.85. The number of hydrogen-bond acceptors (Lipinski definition) is 3. The van der Waals surface area contributed by atoms with E-state index in [-0.39, 0.29) is 5.04 Å². The quantitative estimate of drug-likeness (QED) is 0.433. The monoisotopic (exact) mass is 432 g/mol. The van der Waals surface area contributed by atoms with Crippen molar-refractivity contribution in [2.75, 3.05) is 7.11 Å². The van der Waals surface area contributed by atoms with E-state index >= 15 is 0 Å². The zero-order valence-electron chi connectivity index (χ0n) is 18.3. The molecule has 3 aromatic carbocycles. The van der Waals surface area contributed by atoms with Crippen LogP contribution >= 0.6 is 0 Å². The van der Waals surface area contributed by atoms with Gasteiger partial charge in [0.1, 0.15) is 5.75 Å². The Balaban J connectivity index is 2.19. The number of carbonyl (C=O) groups is 1. The molecule has 0 heterocycles. The van der Waals surface area contributed by atoms with E-state index in [1.54, 1.807) is 13.2 Å². The van der Waals surface area contributed by atoms with Gasteiger partial charge in [0, 0.05) is 6.08 Å². The Labute approximate surface area is 184 Å². The summed E-state index contributed by atoms with van der Waals surface area (Å²) in [6.07, 6.45) is 2.65. The number of ether oxygens (including phenoxy) is 1. The van der Waals surface area contributed by atoms with Crippen molar-refractivity contribution in [3.8, 4) is 11.5 Å². The third-order valence-corrected chi connectivity index (χ3v) is 10.2. The van der Waals surface area contributed by atoms with E-state index in [9.17, 15) is 4.79 Å². The zero-order valence-corrected chi connectivity index (χ0v) is 19.3. The number of carboxylic acids is 1. The van der Waals surface area contributed by atoms with E-state index in [1.165, 1.54) is 16.4 Å². The van der Waals surface area contributed by atoms with Crippen molar-refractivity contribution in [2.24, 2.45) is 0 Å². The molecule has 4 nitrogen and oxygen atoms in total. The summed E-state index contributed by atoms with van der Waals surface area (Å²) in [5.74, 6) is 0.219. The summed E-state index contributed by atoms with van der Waals surface area (Å²) < 4.78 is 12.7. The average Bonchev–Trinajstić information content (AvgIpc) is 2.76.